The third-order valence-electron chi connectivity index (χ3n) is 2.20. The summed E-state index contributed by atoms with van der Waals surface area (Å²) < 4.78 is 0. The Kier molecular flexibility index (Phi) is 10.6. The second-order valence-electron chi connectivity index (χ2n) is 3.64. The van der Waals surface area contributed by atoms with Crippen LogP contribution in [0.5, 0.6) is 0 Å². The van der Waals surface area contributed by atoms with Crippen molar-refractivity contribution < 1.29 is 9.90 Å². The predicted molar refractivity (Wildman–Crippen MR) is 62.6 cm³/mol. The van der Waals surface area contributed by atoms with Gasteiger partial charge in [-0.05, 0) is 6.42 Å². The molecule has 0 heterocycles. The number of aliphatic hydroxyl groups is 1. The van der Waals surface area contributed by atoms with E-state index >= 15 is 0 Å². The molecule has 0 aliphatic rings. The highest BCUT2D eigenvalue weighted by atomic mass is 16.2. The summed E-state index contributed by atoms with van der Waals surface area (Å²) >= 11 is 0. The molecular formula is C12H23NO2. The molecule has 0 unspecified atom stereocenters. The van der Waals surface area contributed by atoms with Crippen molar-refractivity contribution in [1.82, 2.24) is 5.32 Å². The predicted octanol–water partition coefficient (Wildman–Crippen LogP) is 2.01. The van der Waals surface area contributed by atoms with Gasteiger partial charge in [-0.25, -0.2) is 0 Å². The minimum atomic E-state index is -0.113. The number of unbranched alkanes of at least 4 members (excludes halogenated alkanes) is 5. The van der Waals surface area contributed by atoms with Crippen LogP contribution in [0.4, 0.5) is 0 Å². The van der Waals surface area contributed by atoms with E-state index in [0.29, 0.717) is 0 Å². The molecule has 0 aliphatic carbocycles. The molecule has 0 aromatic heterocycles. The quantitative estimate of drug-likeness (QED) is 0.454. The molecule has 0 radical (unpaired) electrons. The van der Waals surface area contributed by atoms with Crippen LogP contribution in [0.2, 0.25) is 0 Å². The maximum absolute atomic E-state index is 11.0. The van der Waals surface area contributed by atoms with Crippen molar-refractivity contribution in [3.05, 3.63) is 12.2 Å². The highest BCUT2D eigenvalue weighted by molar-refractivity contribution is 5.87. The Morgan fingerprint density at radius 1 is 1.20 bits per heavy atom. The van der Waals surface area contributed by atoms with Gasteiger partial charge in [0.15, 0.2) is 0 Å². The highest BCUT2D eigenvalue weighted by Crippen LogP contribution is 2.03. The zero-order valence-electron chi connectivity index (χ0n) is 9.67. The first kappa shape index (κ1) is 14.2. The van der Waals surface area contributed by atoms with Gasteiger partial charge in [0.1, 0.15) is 0 Å². The third-order valence-corrected chi connectivity index (χ3v) is 2.20. The maximum atomic E-state index is 11.0. The first-order chi connectivity index (χ1) is 7.31. The van der Waals surface area contributed by atoms with E-state index in [2.05, 4.69) is 12.2 Å². The molecule has 88 valence electrons. The number of rotatable bonds is 9. The highest BCUT2D eigenvalue weighted by Gasteiger charge is 1.93. The molecule has 0 rings (SSSR count). The molecule has 2 N–H and O–H groups in total. The van der Waals surface area contributed by atoms with Gasteiger partial charge in [-0.15, -0.1) is 0 Å². The summed E-state index contributed by atoms with van der Waals surface area (Å²) in [5.74, 6) is -0.113. The molecule has 0 aromatic rings. The lowest BCUT2D eigenvalue weighted by Crippen LogP contribution is -2.22. The molecule has 0 spiro atoms. The summed E-state index contributed by atoms with van der Waals surface area (Å²) in [5.41, 5.74) is 0. The van der Waals surface area contributed by atoms with Gasteiger partial charge in [0, 0.05) is 12.6 Å². The molecule has 0 fully saturated rings. The van der Waals surface area contributed by atoms with Gasteiger partial charge in [0.2, 0.25) is 5.91 Å². The Morgan fingerprint density at radius 3 is 2.53 bits per heavy atom. The normalized spacial score (nSPS) is 10.8. The zero-order chi connectivity index (χ0) is 11.4. The average molecular weight is 213 g/mol. The van der Waals surface area contributed by atoms with Crippen LogP contribution in [-0.2, 0) is 4.79 Å². The lowest BCUT2D eigenvalue weighted by molar-refractivity contribution is -0.116. The molecule has 3 heteroatoms. The lowest BCUT2D eigenvalue weighted by atomic mass is 10.1. The van der Waals surface area contributed by atoms with Crippen LogP contribution < -0.4 is 5.32 Å². The summed E-state index contributed by atoms with van der Waals surface area (Å²) in [6.07, 6.45) is 10.2. The van der Waals surface area contributed by atoms with Crippen molar-refractivity contribution >= 4 is 5.91 Å². The zero-order valence-corrected chi connectivity index (χ0v) is 9.67. The Morgan fingerprint density at radius 2 is 1.87 bits per heavy atom. The maximum Gasteiger partial charge on any atom is 0.243 e. The van der Waals surface area contributed by atoms with Crippen molar-refractivity contribution in [3.63, 3.8) is 0 Å². The molecule has 0 saturated heterocycles. The van der Waals surface area contributed by atoms with Gasteiger partial charge >= 0.3 is 0 Å². The molecule has 15 heavy (non-hydrogen) atoms. The summed E-state index contributed by atoms with van der Waals surface area (Å²) in [7, 11) is 0. The van der Waals surface area contributed by atoms with Crippen molar-refractivity contribution in [2.75, 3.05) is 13.2 Å². The van der Waals surface area contributed by atoms with Gasteiger partial charge in [-0.2, -0.15) is 0 Å². The number of carbonyl (C=O) groups is 1. The van der Waals surface area contributed by atoms with Crippen LogP contribution in [0.1, 0.15) is 45.4 Å². The first-order valence-corrected chi connectivity index (χ1v) is 5.86. The Hall–Kier alpha value is -0.830. The van der Waals surface area contributed by atoms with Gasteiger partial charge in [-0.3, -0.25) is 4.79 Å². The molecule has 0 bridgehead atoms. The minimum Gasteiger partial charge on any atom is -0.392 e. The van der Waals surface area contributed by atoms with Crippen LogP contribution >= 0.6 is 0 Å². The van der Waals surface area contributed by atoms with Crippen LogP contribution in [0.3, 0.4) is 0 Å². The summed E-state index contributed by atoms with van der Waals surface area (Å²) in [4.78, 5) is 11.0. The topological polar surface area (TPSA) is 49.3 Å². The van der Waals surface area contributed by atoms with E-state index in [9.17, 15) is 4.79 Å². The monoisotopic (exact) mass is 213 g/mol. The summed E-state index contributed by atoms with van der Waals surface area (Å²) in [6.45, 7) is 2.86. The fraction of sp³-hybridized carbons (Fsp3) is 0.750. The van der Waals surface area contributed by atoms with E-state index in [4.69, 9.17) is 5.11 Å². The molecule has 3 nitrogen and oxygen atoms in total. The van der Waals surface area contributed by atoms with E-state index in [0.717, 1.165) is 13.0 Å². The lowest BCUT2D eigenvalue weighted by Gasteiger charge is -2.02. The number of hydrogen-bond donors (Lipinski definition) is 2. The third kappa shape index (κ3) is 11.1. The molecule has 1 amide bonds. The first-order valence-electron chi connectivity index (χ1n) is 5.86. The van der Waals surface area contributed by atoms with Gasteiger partial charge in [-0.1, -0.05) is 45.1 Å². The SMILES string of the molecule is CCCCCCCCNC(=O)/C=C/CO. The van der Waals surface area contributed by atoms with Crippen molar-refractivity contribution in [2.45, 2.75) is 45.4 Å². The number of amides is 1. The molecule has 0 aliphatic heterocycles. The van der Waals surface area contributed by atoms with Crippen molar-refractivity contribution in [1.29, 1.82) is 0 Å². The fourth-order valence-electron chi connectivity index (χ4n) is 1.34. The van der Waals surface area contributed by atoms with Crippen LogP contribution in [0, 0.1) is 0 Å². The number of hydrogen-bond acceptors (Lipinski definition) is 2. The Labute approximate surface area is 92.6 Å². The van der Waals surface area contributed by atoms with E-state index in [1.807, 2.05) is 0 Å². The van der Waals surface area contributed by atoms with E-state index in [-0.39, 0.29) is 12.5 Å². The number of nitrogens with one attached hydrogen (secondary N) is 1. The second-order valence-corrected chi connectivity index (χ2v) is 3.64. The molecule has 0 saturated carbocycles. The minimum absolute atomic E-state index is 0.0789. The van der Waals surface area contributed by atoms with Crippen LogP contribution in [0.15, 0.2) is 12.2 Å². The summed E-state index contributed by atoms with van der Waals surface area (Å²) in [6, 6.07) is 0. The van der Waals surface area contributed by atoms with Crippen LogP contribution in [0.25, 0.3) is 0 Å². The van der Waals surface area contributed by atoms with Crippen LogP contribution in [-0.4, -0.2) is 24.2 Å². The van der Waals surface area contributed by atoms with E-state index < -0.39 is 0 Å². The standard InChI is InChI=1S/C12H23NO2/c1-2-3-4-5-6-7-10-13-12(15)9-8-11-14/h8-9,14H,2-7,10-11H2,1H3,(H,13,15)/b9-8+. The average Bonchev–Trinajstić information content (AvgIpc) is 2.25. The molecule has 0 atom stereocenters. The van der Waals surface area contributed by atoms with Crippen molar-refractivity contribution in [3.8, 4) is 0 Å². The number of carbonyl (C=O) groups excluding carboxylic acids is 1. The largest absolute Gasteiger partial charge is 0.392 e. The van der Waals surface area contributed by atoms with Gasteiger partial charge in [0.05, 0.1) is 6.61 Å². The Balaban J connectivity index is 3.16. The van der Waals surface area contributed by atoms with E-state index in [1.165, 1.54) is 44.3 Å². The second kappa shape index (κ2) is 11.2. The Bertz CT molecular complexity index is 178. The molecule has 0 aromatic carbocycles. The fourth-order valence-corrected chi connectivity index (χ4v) is 1.34. The summed E-state index contributed by atoms with van der Waals surface area (Å²) in [5, 5.41) is 11.2. The smallest absolute Gasteiger partial charge is 0.243 e. The van der Waals surface area contributed by atoms with Crippen molar-refractivity contribution in [2.24, 2.45) is 0 Å². The molecular weight excluding hydrogens is 190 g/mol. The number of aliphatic hydroxyl groups excluding tert-OH is 1. The van der Waals surface area contributed by atoms with E-state index in [1.54, 1.807) is 0 Å². The van der Waals surface area contributed by atoms with Gasteiger partial charge < -0.3 is 10.4 Å². The van der Waals surface area contributed by atoms with Gasteiger partial charge in [0.25, 0.3) is 0 Å².